The molecule has 8 heteroatoms. The van der Waals surface area contributed by atoms with Crippen LogP contribution in [-0.2, 0) is 25.5 Å². The quantitative estimate of drug-likeness (QED) is 0.351. The number of fused-ring (bicyclic) bond motifs is 1. The molecule has 3 aromatic rings. The summed E-state index contributed by atoms with van der Waals surface area (Å²) >= 11 is 12.3. The van der Waals surface area contributed by atoms with Gasteiger partial charge < -0.3 is 4.74 Å². The molecule has 2 aliphatic rings. The lowest BCUT2D eigenvalue weighted by atomic mass is 9.76. The third-order valence-electron chi connectivity index (χ3n) is 7.46. The Kier molecular flexibility index (Phi) is 6.84. The molecule has 2 aliphatic heterocycles. The van der Waals surface area contributed by atoms with Crippen molar-refractivity contribution in [2.24, 2.45) is 11.8 Å². The molecular weight excluding hydrogens is 511 g/mol. The second kappa shape index (κ2) is 9.93. The Hall–Kier alpha value is -3.19. The van der Waals surface area contributed by atoms with Gasteiger partial charge in [-0.3, -0.25) is 24.6 Å². The number of carbonyl (C=O) groups is 3. The van der Waals surface area contributed by atoms with E-state index < -0.39 is 29.4 Å². The fourth-order valence-corrected chi connectivity index (χ4v) is 6.04. The topological polar surface area (TPSA) is 75.7 Å². The van der Waals surface area contributed by atoms with Gasteiger partial charge in [0.05, 0.1) is 29.0 Å². The van der Waals surface area contributed by atoms with Crippen LogP contribution < -0.4 is 5.32 Å². The number of nitrogens with zero attached hydrogens (tertiary/aromatic N) is 1. The molecule has 0 bridgehead atoms. The summed E-state index contributed by atoms with van der Waals surface area (Å²) in [6.45, 7) is 2.01. The molecule has 3 aromatic carbocycles. The van der Waals surface area contributed by atoms with Crippen LogP contribution in [0.1, 0.15) is 24.1 Å². The van der Waals surface area contributed by atoms with Gasteiger partial charge in [-0.2, -0.15) is 0 Å². The van der Waals surface area contributed by atoms with Crippen molar-refractivity contribution < 1.29 is 19.1 Å². The zero-order chi connectivity index (χ0) is 26.3. The van der Waals surface area contributed by atoms with Gasteiger partial charge in [0.15, 0.2) is 0 Å². The van der Waals surface area contributed by atoms with Gasteiger partial charge in [0.2, 0.25) is 11.8 Å². The molecule has 2 saturated heterocycles. The Morgan fingerprint density at radius 3 is 2.24 bits per heavy atom. The molecule has 0 saturated carbocycles. The maximum absolute atomic E-state index is 13.6. The van der Waals surface area contributed by atoms with Gasteiger partial charge in [-0.15, -0.1) is 0 Å². The number of carbonyl (C=O) groups excluding carboxylic acids is 3. The third-order valence-corrected chi connectivity index (χ3v) is 8.20. The van der Waals surface area contributed by atoms with E-state index >= 15 is 0 Å². The van der Waals surface area contributed by atoms with Gasteiger partial charge in [0.25, 0.3) is 0 Å². The first kappa shape index (κ1) is 25.5. The van der Waals surface area contributed by atoms with E-state index in [4.69, 9.17) is 27.9 Å². The molecule has 0 radical (unpaired) electrons. The van der Waals surface area contributed by atoms with E-state index in [1.165, 1.54) is 12.0 Å². The van der Waals surface area contributed by atoms with Crippen LogP contribution in [0.5, 0.6) is 0 Å². The summed E-state index contributed by atoms with van der Waals surface area (Å²) in [5, 5.41) is 4.36. The summed E-state index contributed by atoms with van der Waals surface area (Å²) in [5.41, 5.74) is 2.10. The van der Waals surface area contributed by atoms with Crippen molar-refractivity contribution in [3.05, 3.63) is 94.0 Å². The molecule has 0 aliphatic carbocycles. The number of hydrogen-bond acceptors (Lipinski definition) is 5. The predicted molar refractivity (Wildman–Crippen MR) is 142 cm³/mol. The van der Waals surface area contributed by atoms with Crippen LogP contribution in [0.3, 0.4) is 0 Å². The van der Waals surface area contributed by atoms with Crippen LogP contribution in [0.2, 0.25) is 10.0 Å². The number of likely N-dealkylation sites (tertiary alicyclic amines) is 1. The van der Waals surface area contributed by atoms with Crippen LogP contribution in [0.25, 0.3) is 11.1 Å². The maximum Gasteiger partial charge on any atom is 0.327 e. The van der Waals surface area contributed by atoms with E-state index in [9.17, 15) is 14.4 Å². The van der Waals surface area contributed by atoms with Crippen molar-refractivity contribution in [3.8, 4) is 11.1 Å². The molecule has 37 heavy (non-hydrogen) atoms. The van der Waals surface area contributed by atoms with Crippen molar-refractivity contribution in [2.45, 2.75) is 24.9 Å². The zero-order valence-corrected chi connectivity index (χ0v) is 21.9. The first-order valence-electron chi connectivity index (χ1n) is 12.1. The first-order chi connectivity index (χ1) is 17.8. The van der Waals surface area contributed by atoms with E-state index in [2.05, 4.69) is 5.32 Å². The highest BCUT2D eigenvalue weighted by atomic mass is 35.5. The smallest absolute Gasteiger partial charge is 0.327 e. The number of halogens is 2. The molecule has 1 N–H and O–H groups in total. The van der Waals surface area contributed by atoms with Gasteiger partial charge in [-0.05, 0) is 41.3 Å². The van der Waals surface area contributed by atoms with Crippen LogP contribution in [0.4, 0.5) is 0 Å². The van der Waals surface area contributed by atoms with Gasteiger partial charge in [0, 0.05) is 19.0 Å². The number of rotatable bonds is 6. The van der Waals surface area contributed by atoms with Crippen molar-refractivity contribution in [2.75, 3.05) is 13.7 Å². The highest BCUT2D eigenvalue weighted by molar-refractivity contribution is 6.42. The standard InChI is InChI=1S/C29H26Cl2N2O4/c1-3-33-26(34)23-24(27(33)35)29(28(36)37-2,16-17-7-5-4-6-8-17)32-25(23)19-11-9-18(10-12-19)20-13-14-21(30)22(31)15-20/h4-15,23-25,32H,3,16H2,1-2H3/t23-,24-,25-,29-/m1/s1. The summed E-state index contributed by atoms with van der Waals surface area (Å²) in [6, 6.07) is 22.0. The Morgan fingerprint density at radius 2 is 1.62 bits per heavy atom. The van der Waals surface area contributed by atoms with E-state index in [0.29, 0.717) is 10.0 Å². The molecule has 190 valence electrons. The van der Waals surface area contributed by atoms with Crippen LogP contribution in [-0.4, -0.2) is 41.9 Å². The third kappa shape index (κ3) is 4.23. The van der Waals surface area contributed by atoms with Crippen molar-refractivity contribution in [1.82, 2.24) is 10.2 Å². The van der Waals surface area contributed by atoms with Crippen molar-refractivity contribution in [1.29, 1.82) is 0 Å². The van der Waals surface area contributed by atoms with E-state index in [1.807, 2.05) is 60.7 Å². The minimum absolute atomic E-state index is 0.218. The molecule has 6 nitrogen and oxygen atoms in total. The molecule has 4 atom stereocenters. The lowest BCUT2D eigenvalue weighted by Crippen LogP contribution is -2.57. The molecule has 0 spiro atoms. The number of benzene rings is 3. The van der Waals surface area contributed by atoms with Gasteiger partial charge in [0.1, 0.15) is 5.54 Å². The maximum atomic E-state index is 13.6. The molecular formula is C29H26Cl2N2O4. The van der Waals surface area contributed by atoms with Crippen LogP contribution >= 0.6 is 23.2 Å². The van der Waals surface area contributed by atoms with Gasteiger partial charge in [-0.1, -0.05) is 83.9 Å². The Labute approximate surface area is 225 Å². The normalized spacial score (nSPS) is 24.9. The van der Waals surface area contributed by atoms with E-state index in [-0.39, 0.29) is 24.8 Å². The number of methoxy groups -OCH3 is 1. The summed E-state index contributed by atoms with van der Waals surface area (Å²) in [4.78, 5) is 41.7. The molecule has 2 amide bonds. The number of nitrogens with one attached hydrogen (secondary N) is 1. The fraction of sp³-hybridized carbons (Fsp3) is 0.276. The highest BCUT2D eigenvalue weighted by Gasteiger charge is 2.68. The van der Waals surface area contributed by atoms with Gasteiger partial charge >= 0.3 is 5.97 Å². The van der Waals surface area contributed by atoms with Crippen molar-refractivity contribution >= 4 is 41.0 Å². The zero-order valence-electron chi connectivity index (χ0n) is 20.4. The second-order valence-electron chi connectivity index (χ2n) is 9.42. The SMILES string of the molecule is CCN1C(=O)[C@H]2[C@@H](c3ccc(-c4ccc(Cl)c(Cl)c4)cc3)N[C@@](Cc3ccccc3)(C(=O)OC)[C@H]2C1=O. The number of amides is 2. The molecule has 0 unspecified atom stereocenters. The van der Waals surface area contributed by atoms with Crippen LogP contribution in [0, 0.1) is 11.8 Å². The number of esters is 1. The number of ether oxygens (including phenoxy) is 1. The Bertz CT molecular complexity index is 1360. The molecule has 2 fully saturated rings. The molecule has 0 aromatic heterocycles. The molecule has 5 rings (SSSR count). The minimum Gasteiger partial charge on any atom is -0.468 e. The second-order valence-corrected chi connectivity index (χ2v) is 10.2. The van der Waals surface area contributed by atoms with E-state index in [0.717, 1.165) is 22.3 Å². The monoisotopic (exact) mass is 536 g/mol. The van der Waals surface area contributed by atoms with Crippen LogP contribution in [0.15, 0.2) is 72.8 Å². The predicted octanol–water partition coefficient (Wildman–Crippen LogP) is 5.08. The van der Waals surface area contributed by atoms with E-state index in [1.54, 1.807) is 19.1 Å². The summed E-state index contributed by atoms with van der Waals surface area (Å²) < 4.78 is 5.25. The van der Waals surface area contributed by atoms with Gasteiger partial charge in [-0.25, -0.2) is 0 Å². The number of imide groups is 1. The number of hydrogen-bond donors (Lipinski definition) is 1. The Morgan fingerprint density at radius 1 is 0.946 bits per heavy atom. The summed E-state index contributed by atoms with van der Waals surface area (Å²) in [7, 11) is 1.31. The molecule has 2 heterocycles. The lowest BCUT2D eigenvalue weighted by Gasteiger charge is -2.32. The highest BCUT2D eigenvalue weighted by Crippen LogP contribution is 2.50. The van der Waals surface area contributed by atoms with Crippen molar-refractivity contribution in [3.63, 3.8) is 0 Å². The summed E-state index contributed by atoms with van der Waals surface area (Å²) in [5.74, 6) is -2.79. The first-order valence-corrected chi connectivity index (χ1v) is 12.9. The summed E-state index contributed by atoms with van der Waals surface area (Å²) in [6.07, 6.45) is 0.218. The fourth-order valence-electron chi connectivity index (χ4n) is 5.74. The lowest BCUT2D eigenvalue weighted by molar-refractivity contribution is -0.154. The minimum atomic E-state index is -1.38. The largest absolute Gasteiger partial charge is 0.468 e. The average molecular weight is 537 g/mol. The average Bonchev–Trinajstić information content (AvgIpc) is 3.39. The Balaban J connectivity index is 1.57.